The predicted octanol–water partition coefficient (Wildman–Crippen LogP) is 2.56. The number of hydrogen-bond donors (Lipinski definition) is 1. The molecular formula is C14H22F2N2O3. The van der Waals surface area contributed by atoms with Gasteiger partial charge in [-0.25, -0.2) is 13.6 Å². The maximum absolute atomic E-state index is 13.2. The molecule has 2 amide bonds. The van der Waals surface area contributed by atoms with E-state index in [1.807, 2.05) is 0 Å². The number of alkyl halides is 2. The molecule has 1 aliphatic heterocycles. The summed E-state index contributed by atoms with van der Waals surface area (Å²) < 4.78 is 26.4. The van der Waals surface area contributed by atoms with Gasteiger partial charge in [-0.05, 0) is 33.6 Å². The zero-order valence-electron chi connectivity index (χ0n) is 12.7. The highest BCUT2D eigenvalue weighted by molar-refractivity contribution is 5.93. The summed E-state index contributed by atoms with van der Waals surface area (Å²) in [5.74, 6) is -3.04. The van der Waals surface area contributed by atoms with Crippen LogP contribution in [-0.4, -0.2) is 57.0 Å². The Morgan fingerprint density at radius 2 is 1.57 bits per heavy atom. The average Bonchev–Trinajstić information content (AvgIpc) is 3.07. The lowest BCUT2D eigenvalue weighted by molar-refractivity contribution is -0.146. The molecule has 0 radical (unpaired) electrons. The monoisotopic (exact) mass is 304 g/mol. The lowest BCUT2D eigenvalue weighted by atomic mass is 9.99. The highest BCUT2D eigenvalue weighted by atomic mass is 19.3. The number of halogens is 2. The number of hydrogen-bond acceptors (Lipinski definition) is 2. The van der Waals surface area contributed by atoms with E-state index in [9.17, 15) is 23.5 Å². The number of carboxylic acid groups (broad SMARTS) is 1. The summed E-state index contributed by atoms with van der Waals surface area (Å²) in [6.07, 6.45) is -0.921. The van der Waals surface area contributed by atoms with Gasteiger partial charge < -0.3 is 10.0 Å². The third-order valence-corrected chi connectivity index (χ3v) is 4.19. The van der Waals surface area contributed by atoms with Crippen LogP contribution in [0.5, 0.6) is 0 Å². The summed E-state index contributed by atoms with van der Waals surface area (Å²) in [6.45, 7) is 5.19. The minimum atomic E-state index is -2.72. The van der Waals surface area contributed by atoms with E-state index in [0.29, 0.717) is 12.8 Å². The summed E-state index contributed by atoms with van der Waals surface area (Å²) in [6, 6.07) is 0. The van der Waals surface area contributed by atoms with Crippen molar-refractivity contribution >= 4 is 12.0 Å². The van der Waals surface area contributed by atoms with Crippen molar-refractivity contribution < 1.29 is 23.5 Å². The summed E-state index contributed by atoms with van der Waals surface area (Å²) in [7, 11) is 0. The maximum Gasteiger partial charge on any atom is 0.408 e. The molecule has 7 heteroatoms. The van der Waals surface area contributed by atoms with Gasteiger partial charge >= 0.3 is 6.09 Å². The molecule has 1 saturated heterocycles. The molecule has 2 fully saturated rings. The number of piperidine rings is 1. The lowest BCUT2D eigenvalue weighted by Crippen LogP contribution is -2.60. The van der Waals surface area contributed by atoms with Crippen molar-refractivity contribution in [2.75, 3.05) is 13.1 Å². The molecule has 2 rings (SSSR count). The summed E-state index contributed by atoms with van der Waals surface area (Å²) >= 11 is 0. The minimum Gasteiger partial charge on any atom is -0.465 e. The number of likely N-dealkylation sites (tertiary alicyclic amines) is 1. The summed E-state index contributed by atoms with van der Waals surface area (Å²) in [4.78, 5) is 26.8. The topological polar surface area (TPSA) is 60.9 Å². The van der Waals surface area contributed by atoms with Crippen LogP contribution in [0.25, 0.3) is 0 Å². The molecule has 5 nitrogen and oxygen atoms in total. The van der Waals surface area contributed by atoms with E-state index >= 15 is 0 Å². The van der Waals surface area contributed by atoms with Crippen LogP contribution in [0.1, 0.15) is 46.5 Å². The first-order chi connectivity index (χ1) is 9.50. The van der Waals surface area contributed by atoms with Crippen LogP contribution < -0.4 is 0 Å². The first kappa shape index (κ1) is 16.0. The van der Waals surface area contributed by atoms with Crippen LogP contribution in [0.2, 0.25) is 0 Å². The normalized spacial score (nSPS) is 23.6. The average molecular weight is 304 g/mol. The zero-order valence-corrected chi connectivity index (χ0v) is 12.7. The van der Waals surface area contributed by atoms with Crippen molar-refractivity contribution in [2.45, 2.75) is 63.5 Å². The standard InChI is InChI=1S/C14H22F2N2O3/c1-12(2,3)18(11(20)21)13(4-5-13)10(19)17-8-6-14(15,16)7-9-17/h4-9H2,1-3H3,(H,20,21). The molecule has 0 bridgehead atoms. The zero-order chi connectivity index (χ0) is 16.1. The van der Waals surface area contributed by atoms with Gasteiger partial charge in [0.2, 0.25) is 5.91 Å². The highest BCUT2D eigenvalue weighted by Crippen LogP contribution is 2.47. The second-order valence-electron chi connectivity index (χ2n) is 6.97. The van der Waals surface area contributed by atoms with Gasteiger partial charge in [-0.2, -0.15) is 0 Å². The molecule has 120 valence electrons. The molecule has 1 saturated carbocycles. The Hall–Kier alpha value is -1.40. The van der Waals surface area contributed by atoms with Crippen molar-refractivity contribution in [1.82, 2.24) is 9.80 Å². The third kappa shape index (κ3) is 2.96. The van der Waals surface area contributed by atoms with E-state index in [-0.39, 0.29) is 31.8 Å². The van der Waals surface area contributed by atoms with Crippen molar-refractivity contribution in [2.24, 2.45) is 0 Å². The Balaban J connectivity index is 2.16. The molecule has 2 aliphatic rings. The van der Waals surface area contributed by atoms with Crippen molar-refractivity contribution in [3.8, 4) is 0 Å². The van der Waals surface area contributed by atoms with Crippen LogP contribution in [0, 0.1) is 0 Å². The van der Waals surface area contributed by atoms with E-state index in [4.69, 9.17) is 0 Å². The van der Waals surface area contributed by atoms with Crippen LogP contribution in [0.3, 0.4) is 0 Å². The maximum atomic E-state index is 13.2. The fourth-order valence-corrected chi connectivity index (χ4v) is 3.09. The molecule has 1 N–H and O–H groups in total. The first-order valence-corrected chi connectivity index (χ1v) is 7.20. The Kier molecular flexibility index (Phi) is 3.66. The second-order valence-corrected chi connectivity index (χ2v) is 6.97. The smallest absolute Gasteiger partial charge is 0.408 e. The molecule has 0 spiro atoms. The Morgan fingerprint density at radius 1 is 1.10 bits per heavy atom. The minimum absolute atomic E-state index is 0.00874. The molecule has 0 atom stereocenters. The van der Waals surface area contributed by atoms with Gasteiger partial charge in [0, 0.05) is 31.5 Å². The number of carbonyl (C=O) groups excluding carboxylic acids is 1. The van der Waals surface area contributed by atoms with Gasteiger partial charge in [0.1, 0.15) is 5.54 Å². The number of nitrogens with zero attached hydrogens (tertiary/aromatic N) is 2. The van der Waals surface area contributed by atoms with Crippen LogP contribution in [-0.2, 0) is 4.79 Å². The Bertz CT molecular complexity index is 446. The predicted molar refractivity (Wildman–Crippen MR) is 72.3 cm³/mol. The molecule has 0 aromatic rings. The molecule has 1 aliphatic carbocycles. The quantitative estimate of drug-likeness (QED) is 0.853. The summed E-state index contributed by atoms with van der Waals surface area (Å²) in [5, 5.41) is 9.45. The molecule has 0 aromatic carbocycles. The van der Waals surface area contributed by atoms with Gasteiger partial charge in [0.05, 0.1) is 0 Å². The summed E-state index contributed by atoms with van der Waals surface area (Å²) in [5.41, 5.74) is -1.77. The second kappa shape index (κ2) is 4.81. The molecule has 0 unspecified atom stereocenters. The van der Waals surface area contributed by atoms with Gasteiger partial charge in [0.25, 0.3) is 5.92 Å². The van der Waals surface area contributed by atoms with Crippen molar-refractivity contribution in [3.05, 3.63) is 0 Å². The number of amides is 2. The molecule has 0 aromatic heterocycles. The first-order valence-electron chi connectivity index (χ1n) is 7.20. The molecule has 1 heterocycles. The Morgan fingerprint density at radius 3 is 1.90 bits per heavy atom. The molecular weight excluding hydrogens is 282 g/mol. The van der Waals surface area contributed by atoms with Gasteiger partial charge in [-0.3, -0.25) is 9.69 Å². The van der Waals surface area contributed by atoms with E-state index in [0.717, 1.165) is 0 Å². The van der Waals surface area contributed by atoms with Gasteiger partial charge in [-0.1, -0.05) is 0 Å². The lowest BCUT2D eigenvalue weighted by Gasteiger charge is -2.42. The van der Waals surface area contributed by atoms with E-state index in [1.54, 1.807) is 20.8 Å². The number of carbonyl (C=O) groups is 2. The largest absolute Gasteiger partial charge is 0.465 e. The van der Waals surface area contributed by atoms with E-state index in [1.165, 1.54) is 9.80 Å². The fraction of sp³-hybridized carbons (Fsp3) is 0.857. The van der Waals surface area contributed by atoms with Gasteiger partial charge in [-0.15, -0.1) is 0 Å². The van der Waals surface area contributed by atoms with Crippen molar-refractivity contribution in [1.29, 1.82) is 0 Å². The van der Waals surface area contributed by atoms with Crippen molar-refractivity contribution in [3.63, 3.8) is 0 Å². The van der Waals surface area contributed by atoms with Crippen LogP contribution in [0.4, 0.5) is 13.6 Å². The highest BCUT2D eigenvalue weighted by Gasteiger charge is 2.61. The number of rotatable bonds is 2. The van der Waals surface area contributed by atoms with Gasteiger partial charge in [0.15, 0.2) is 0 Å². The third-order valence-electron chi connectivity index (χ3n) is 4.19. The molecule has 21 heavy (non-hydrogen) atoms. The van der Waals surface area contributed by atoms with E-state index < -0.39 is 23.1 Å². The van der Waals surface area contributed by atoms with Crippen LogP contribution in [0.15, 0.2) is 0 Å². The Labute approximate surface area is 122 Å². The SMILES string of the molecule is CC(C)(C)N(C(=O)O)C1(C(=O)N2CCC(F)(F)CC2)CC1. The fourth-order valence-electron chi connectivity index (χ4n) is 3.09. The van der Waals surface area contributed by atoms with E-state index in [2.05, 4.69) is 0 Å². The van der Waals surface area contributed by atoms with Crippen LogP contribution >= 0.6 is 0 Å².